The standard InChI is InChI=1S/C31H47F2N7O5/c32-31(33)8-6-24(7-9-31)37-11-12-38-27(20-37)30(43)39-19-25(40-18-23(35-36-40)16-22-4-2-1-3-5-22)17-26(39)29(42)34-10-13-44-14-15-45-21-28(38)41/h18,22,24-27H,1-17,19-21H2,(H,34,42)/t25-,26-,27-/m0/s1. The number of amides is 3. The van der Waals surface area contributed by atoms with Crippen LogP contribution in [-0.2, 0) is 30.3 Å². The third kappa shape index (κ3) is 7.82. The molecule has 3 saturated heterocycles. The number of nitrogens with one attached hydrogen (secondary N) is 1. The molecular formula is C31H47F2N7O5. The van der Waals surface area contributed by atoms with Crippen molar-refractivity contribution < 1.29 is 32.6 Å². The van der Waals surface area contributed by atoms with Crippen molar-refractivity contribution in [2.75, 3.05) is 59.2 Å². The van der Waals surface area contributed by atoms with E-state index in [0.717, 1.165) is 12.1 Å². The lowest BCUT2D eigenvalue weighted by Gasteiger charge is -2.46. The summed E-state index contributed by atoms with van der Waals surface area (Å²) in [5, 5.41) is 11.8. The van der Waals surface area contributed by atoms with Gasteiger partial charge in [0, 0.05) is 64.2 Å². The lowest BCUT2D eigenvalue weighted by atomic mass is 9.86. The van der Waals surface area contributed by atoms with E-state index in [4.69, 9.17) is 9.47 Å². The maximum Gasteiger partial charge on any atom is 0.249 e. The number of aromatic nitrogens is 3. The highest BCUT2D eigenvalue weighted by Crippen LogP contribution is 2.36. The number of alkyl halides is 2. The molecule has 45 heavy (non-hydrogen) atoms. The fourth-order valence-corrected chi connectivity index (χ4v) is 7.82. The van der Waals surface area contributed by atoms with E-state index in [2.05, 4.69) is 20.5 Å². The summed E-state index contributed by atoms with van der Waals surface area (Å²) in [4.78, 5) is 46.6. The Morgan fingerprint density at radius 3 is 2.47 bits per heavy atom. The lowest BCUT2D eigenvalue weighted by Crippen LogP contribution is -2.64. The van der Waals surface area contributed by atoms with Gasteiger partial charge in [0.2, 0.25) is 23.6 Å². The van der Waals surface area contributed by atoms with Gasteiger partial charge in [0.05, 0.1) is 31.6 Å². The first-order valence-electron chi connectivity index (χ1n) is 16.8. The topological polar surface area (TPSA) is 122 Å². The summed E-state index contributed by atoms with van der Waals surface area (Å²) < 4.78 is 40.8. The molecule has 0 radical (unpaired) electrons. The van der Waals surface area contributed by atoms with Gasteiger partial charge in [0.15, 0.2) is 0 Å². The van der Waals surface area contributed by atoms with Crippen molar-refractivity contribution in [2.45, 2.75) is 101 Å². The van der Waals surface area contributed by atoms with Crippen molar-refractivity contribution in [3.63, 3.8) is 0 Å². The molecule has 5 fully saturated rings. The Kier molecular flexibility index (Phi) is 10.3. The number of nitrogens with zero attached hydrogens (tertiary/aromatic N) is 6. The molecule has 3 amide bonds. The lowest BCUT2D eigenvalue weighted by molar-refractivity contribution is -0.155. The van der Waals surface area contributed by atoms with Crippen LogP contribution in [0.5, 0.6) is 0 Å². The third-order valence-corrected chi connectivity index (χ3v) is 10.4. The van der Waals surface area contributed by atoms with Gasteiger partial charge in [-0.2, -0.15) is 0 Å². The SMILES string of the molecule is O=C1NCCOCCOCC(=O)N2CCN(C3CCC(F)(F)CC3)C[C@H]2C(=O)N2C[C@@H](n3cc(CC4CCCCC4)nn3)C[C@@H]12. The Morgan fingerprint density at radius 2 is 1.67 bits per heavy atom. The average molecular weight is 636 g/mol. The smallest absolute Gasteiger partial charge is 0.249 e. The average Bonchev–Trinajstić information content (AvgIpc) is 3.69. The van der Waals surface area contributed by atoms with Crippen molar-refractivity contribution in [3.05, 3.63) is 11.9 Å². The van der Waals surface area contributed by atoms with Crippen LogP contribution < -0.4 is 5.32 Å². The first kappa shape index (κ1) is 32.2. The first-order valence-corrected chi connectivity index (χ1v) is 16.8. The molecule has 3 aliphatic heterocycles. The number of halogens is 2. The Hall–Kier alpha value is -2.71. The van der Waals surface area contributed by atoms with Crippen LogP contribution in [0.1, 0.15) is 75.9 Å². The van der Waals surface area contributed by atoms with Crippen LogP contribution in [0.25, 0.3) is 0 Å². The highest BCUT2D eigenvalue weighted by atomic mass is 19.3. The summed E-state index contributed by atoms with van der Waals surface area (Å²) in [6.07, 6.45) is 9.72. The molecule has 0 spiro atoms. The molecule has 12 nitrogen and oxygen atoms in total. The minimum Gasteiger partial charge on any atom is -0.377 e. The number of carbonyl (C=O) groups excluding carboxylic acids is 3. The van der Waals surface area contributed by atoms with Crippen molar-refractivity contribution in [1.29, 1.82) is 0 Å². The van der Waals surface area contributed by atoms with E-state index < -0.39 is 18.0 Å². The maximum absolute atomic E-state index is 14.5. The number of ether oxygens (including phenoxy) is 2. The Morgan fingerprint density at radius 1 is 0.889 bits per heavy atom. The largest absolute Gasteiger partial charge is 0.377 e. The summed E-state index contributed by atoms with van der Waals surface area (Å²) in [5.74, 6) is -2.95. The second-order valence-electron chi connectivity index (χ2n) is 13.4. The highest BCUT2D eigenvalue weighted by molar-refractivity contribution is 5.93. The fraction of sp³-hybridized carbons (Fsp3) is 0.839. The molecule has 0 aromatic carbocycles. The molecule has 14 heteroatoms. The summed E-state index contributed by atoms with van der Waals surface area (Å²) >= 11 is 0. The van der Waals surface area contributed by atoms with Crippen molar-refractivity contribution in [3.8, 4) is 0 Å². The predicted octanol–water partition coefficient (Wildman–Crippen LogP) is 1.80. The molecule has 6 rings (SSSR count). The van der Waals surface area contributed by atoms with Gasteiger partial charge in [0.1, 0.15) is 18.7 Å². The van der Waals surface area contributed by atoms with Gasteiger partial charge in [-0.25, -0.2) is 13.5 Å². The molecule has 1 aromatic heterocycles. The minimum absolute atomic E-state index is 0.0807. The van der Waals surface area contributed by atoms with Gasteiger partial charge < -0.3 is 24.6 Å². The minimum atomic E-state index is -2.66. The number of rotatable bonds is 4. The van der Waals surface area contributed by atoms with Crippen LogP contribution in [0.2, 0.25) is 0 Å². The Balaban J connectivity index is 1.22. The molecule has 1 N–H and O–H groups in total. The quantitative estimate of drug-likeness (QED) is 0.532. The third-order valence-electron chi connectivity index (χ3n) is 10.4. The second-order valence-corrected chi connectivity index (χ2v) is 13.4. The molecular weight excluding hydrogens is 588 g/mol. The van der Waals surface area contributed by atoms with Gasteiger partial charge in [-0.15, -0.1) is 5.10 Å². The summed E-state index contributed by atoms with van der Waals surface area (Å²) in [6, 6.07) is -1.94. The predicted molar refractivity (Wildman–Crippen MR) is 158 cm³/mol. The van der Waals surface area contributed by atoms with Gasteiger partial charge in [-0.1, -0.05) is 37.3 Å². The highest BCUT2D eigenvalue weighted by Gasteiger charge is 2.47. The summed E-state index contributed by atoms with van der Waals surface area (Å²) in [5.41, 5.74) is 0.928. The summed E-state index contributed by atoms with van der Waals surface area (Å²) in [7, 11) is 0. The van der Waals surface area contributed by atoms with Crippen LogP contribution >= 0.6 is 0 Å². The summed E-state index contributed by atoms with van der Waals surface area (Å²) in [6.45, 7) is 2.13. The number of hydrogen-bond acceptors (Lipinski definition) is 8. The van der Waals surface area contributed by atoms with E-state index in [1.54, 1.807) is 14.5 Å². The van der Waals surface area contributed by atoms with Gasteiger partial charge in [-0.3, -0.25) is 19.3 Å². The van der Waals surface area contributed by atoms with E-state index in [1.807, 2.05) is 6.20 Å². The van der Waals surface area contributed by atoms with Crippen molar-refractivity contribution in [2.24, 2.45) is 5.92 Å². The van der Waals surface area contributed by atoms with E-state index in [1.165, 1.54) is 32.1 Å². The fourth-order valence-electron chi connectivity index (χ4n) is 7.82. The maximum atomic E-state index is 14.5. The zero-order valence-electron chi connectivity index (χ0n) is 26.1. The molecule has 5 aliphatic rings. The molecule has 1 aromatic rings. The molecule has 250 valence electrons. The van der Waals surface area contributed by atoms with Crippen LogP contribution in [0.15, 0.2) is 6.20 Å². The Bertz CT molecular complexity index is 1180. The van der Waals surface area contributed by atoms with Crippen LogP contribution in [0.3, 0.4) is 0 Å². The number of hydrogen-bond donors (Lipinski definition) is 1. The molecule has 0 bridgehead atoms. The first-order chi connectivity index (χ1) is 21.8. The Labute approximate surface area is 263 Å². The molecule has 2 saturated carbocycles. The van der Waals surface area contributed by atoms with Crippen LogP contribution in [0, 0.1) is 5.92 Å². The zero-order chi connectivity index (χ0) is 31.4. The zero-order valence-corrected chi connectivity index (χ0v) is 26.1. The van der Waals surface area contributed by atoms with E-state index >= 15 is 0 Å². The molecule has 0 unspecified atom stereocenters. The van der Waals surface area contributed by atoms with E-state index in [0.29, 0.717) is 31.7 Å². The van der Waals surface area contributed by atoms with E-state index in [-0.39, 0.29) is 95.3 Å². The number of carbonyl (C=O) groups is 3. The van der Waals surface area contributed by atoms with Crippen LogP contribution in [0.4, 0.5) is 8.78 Å². The number of fused-ring (bicyclic) bond motifs is 2. The monoisotopic (exact) mass is 635 g/mol. The molecule has 2 aliphatic carbocycles. The second kappa shape index (κ2) is 14.4. The van der Waals surface area contributed by atoms with Crippen molar-refractivity contribution >= 4 is 17.7 Å². The molecule has 3 atom stereocenters. The van der Waals surface area contributed by atoms with Gasteiger partial charge in [0.25, 0.3) is 0 Å². The van der Waals surface area contributed by atoms with E-state index in [9.17, 15) is 23.2 Å². The molecule has 4 heterocycles. The number of piperazine rings is 1. The van der Waals surface area contributed by atoms with Gasteiger partial charge in [-0.05, 0) is 25.2 Å². The normalized spacial score (nSPS) is 30.4. The van der Waals surface area contributed by atoms with Gasteiger partial charge >= 0.3 is 0 Å². The van der Waals surface area contributed by atoms with Crippen LogP contribution in [-0.4, -0.2) is 131 Å². The van der Waals surface area contributed by atoms with Crippen molar-refractivity contribution in [1.82, 2.24) is 35.0 Å².